The minimum atomic E-state index is -2.94. The predicted molar refractivity (Wildman–Crippen MR) is 86.0 cm³/mol. The summed E-state index contributed by atoms with van der Waals surface area (Å²) in [5.74, 6) is 0.384. The lowest BCUT2D eigenvalue weighted by molar-refractivity contribution is 0.199. The molecule has 1 aromatic carbocycles. The average Bonchev–Trinajstić information content (AvgIpc) is 2.36. The molecule has 0 heterocycles. The lowest BCUT2D eigenvalue weighted by Gasteiger charge is -2.18. The summed E-state index contributed by atoms with van der Waals surface area (Å²) in [5, 5.41) is 3.31. The molecule has 0 spiro atoms. The molecule has 1 unspecified atom stereocenters. The Balaban J connectivity index is 2.68. The summed E-state index contributed by atoms with van der Waals surface area (Å²) in [7, 11) is -1.27. The third-order valence-corrected chi connectivity index (χ3v) is 4.50. The van der Waals surface area contributed by atoms with Gasteiger partial charge in [-0.1, -0.05) is 28.1 Å². The van der Waals surface area contributed by atoms with Crippen molar-refractivity contribution in [2.24, 2.45) is 0 Å². The maximum Gasteiger partial charge on any atom is 0.147 e. The summed E-state index contributed by atoms with van der Waals surface area (Å²) >= 11 is 3.46. The second-order valence-corrected chi connectivity index (χ2v) is 8.04. The van der Waals surface area contributed by atoms with Crippen molar-refractivity contribution in [2.75, 3.05) is 38.8 Å². The maximum atomic E-state index is 11.4. The molecule has 0 fully saturated rings. The van der Waals surface area contributed by atoms with Gasteiger partial charge in [-0.15, -0.1) is 0 Å². The minimum absolute atomic E-state index is 0.180. The molecule has 1 aromatic rings. The second-order valence-electron chi connectivity index (χ2n) is 4.87. The Bertz CT molecular complexity index is 505. The zero-order valence-corrected chi connectivity index (χ0v) is 14.3. The van der Waals surface area contributed by atoms with Gasteiger partial charge in [-0.3, -0.25) is 0 Å². The van der Waals surface area contributed by atoms with Crippen LogP contribution in [0.1, 0.15) is 17.9 Å². The first-order chi connectivity index (χ1) is 9.42. The van der Waals surface area contributed by atoms with E-state index in [0.29, 0.717) is 13.0 Å². The van der Waals surface area contributed by atoms with Gasteiger partial charge in [0.1, 0.15) is 9.84 Å². The minimum Gasteiger partial charge on any atom is -0.383 e. The number of rotatable bonds is 9. The van der Waals surface area contributed by atoms with Crippen LogP contribution in [-0.2, 0) is 14.6 Å². The Morgan fingerprint density at radius 1 is 1.40 bits per heavy atom. The molecule has 4 nitrogen and oxygen atoms in total. The number of hydrogen-bond donors (Lipinski definition) is 1. The highest BCUT2D eigenvalue weighted by atomic mass is 79.9. The molecule has 0 aliphatic heterocycles. The van der Waals surface area contributed by atoms with Gasteiger partial charge in [-0.25, -0.2) is 8.42 Å². The lowest BCUT2D eigenvalue weighted by Crippen LogP contribution is -2.26. The largest absolute Gasteiger partial charge is 0.383 e. The Morgan fingerprint density at radius 2 is 2.15 bits per heavy atom. The van der Waals surface area contributed by atoms with Crippen molar-refractivity contribution in [3.05, 3.63) is 34.3 Å². The molecule has 0 saturated carbocycles. The van der Waals surface area contributed by atoms with Gasteiger partial charge in [0.05, 0.1) is 12.4 Å². The molecule has 20 heavy (non-hydrogen) atoms. The zero-order valence-electron chi connectivity index (χ0n) is 11.9. The van der Waals surface area contributed by atoms with Crippen LogP contribution in [0.3, 0.4) is 0 Å². The highest BCUT2D eigenvalue weighted by molar-refractivity contribution is 9.10. The predicted octanol–water partition coefficient (Wildman–Crippen LogP) is 2.20. The van der Waals surface area contributed by atoms with Crippen LogP contribution in [0.15, 0.2) is 28.7 Å². The van der Waals surface area contributed by atoms with Gasteiger partial charge >= 0.3 is 0 Å². The van der Waals surface area contributed by atoms with E-state index in [1.54, 1.807) is 7.11 Å². The van der Waals surface area contributed by atoms with Gasteiger partial charge < -0.3 is 10.1 Å². The van der Waals surface area contributed by atoms with E-state index in [9.17, 15) is 8.42 Å². The maximum absolute atomic E-state index is 11.4. The van der Waals surface area contributed by atoms with Crippen molar-refractivity contribution in [3.8, 4) is 0 Å². The highest BCUT2D eigenvalue weighted by Gasteiger charge is 2.14. The number of ether oxygens (including phenoxy) is 1. The van der Waals surface area contributed by atoms with Gasteiger partial charge in [-0.2, -0.15) is 0 Å². The van der Waals surface area contributed by atoms with Crippen LogP contribution in [-0.4, -0.2) is 47.2 Å². The summed E-state index contributed by atoms with van der Waals surface area (Å²) < 4.78 is 28.7. The number of halogens is 1. The van der Waals surface area contributed by atoms with Gasteiger partial charge in [0.25, 0.3) is 0 Å². The van der Waals surface area contributed by atoms with Gasteiger partial charge in [0.15, 0.2) is 0 Å². The zero-order chi connectivity index (χ0) is 15.0. The van der Waals surface area contributed by atoms with E-state index in [1.807, 2.05) is 24.3 Å². The fourth-order valence-corrected chi connectivity index (χ4v) is 3.08. The first-order valence-corrected chi connectivity index (χ1v) is 9.40. The summed E-state index contributed by atoms with van der Waals surface area (Å²) in [6, 6.07) is 8.03. The van der Waals surface area contributed by atoms with Crippen LogP contribution in [0.25, 0.3) is 0 Å². The van der Waals surface area contributed by atoms with E-state index in [0.717, 1.165) is 23.1 Å². The van der Waals surface area contributed by atoms with E-state index in [4.69, 9.17) is 4.74 Å². The van der Waals surface area contributed by atoms with Crippen molar-refractivity contribution >= 4 is 25.8 Å². The monoisotopic (exact) mass is 363 g/mol. The second kappa shape index (κ2) is 8.77. The number of hydrogen-bond acceptors (Lipinski definition) is 4. The van der Waals surface area contributed by atoms with Crippen LogP contribution < -0.4 is 5.32 Å². The Hall–Kier alpha value is -0.430. The van der Waals surface area contributed by atoms with Crippen molar-refractivity contribution in [2.45, 2.75) is 12.3 Å². The first kappa shape index (κ1) is 17.6. The van der Waals surface area contributed by atoms with Crippen LogP contribution in [0.2, 0.25) is 0 Å². The molecule has 0 aliphatic rings. The molecule has 114 valence electrons. The topological polar surface area (TPSA) is 55.4 Å². The smallest absolute Gasteiger partial charge is 0.147 e. The van der Waals surface area contributed by atoms with Gasteiger partial charge in [-0.05, 0) is 30.0 Å². The van der Waals surface area contributed by atoms with Crippen LogP contribution in [0, 0.1) is 0 Å². The molecular weight excluding hydrogens is 342 g/mol. The molecule has 0 saturated heterocycles. The summed E-state index contributed by atoms with van der Waals surface area (Å²) in [5.41, 5.74) is 1.15. The highest BCUT2D eigenvalue weighted by Crippen LogP contribution is 2.23. The summed E-state index contributed by atoms with van der Waals surface area (Å²) in [6.07, 6.45) is 1.90. The Labute approximate surface area is 130 Å². The molecule has 1 atom stereocenters. The van der Waals surface area contributed by atoms with Crippen LogP contribution in [0.4, 0.5) is 0 Å². The number of benzene rings is 1. The molecule has 0 amide bonds. The molecule has 1 N–H and O–H groups in total. The average molecular weight is 364 g/mol. The van der Waals surface area contributed by atoms with Crippen molar-refractivity contribution in [1.82, 2.24) is 5.32 Å². The third kappa shape index (κ3) is 7.38. The van der Waals surface area contributed by atoms with Crippen molar-refractivity contribution in [1.29, 1.82) is 0 Å². The third-order valence-electron chi connectivity index (χ3n) is 3.03. The molecule has 0 aliphatic carbocycles. The Kier molecular flexibility index (Phi) is 7.72. The van der Waals surface area contributed by atoms with Crippen LogP contribution >= 0.6 is 15.9 Å². The molecule has 0 bridgehead atoms. The molecular formula is C14H22BrNO3S. The number of nitrogens with one attached hydrogen (secondary N) is 1. The quantitative estimate of drug-likeness (QED) is 0.683. The van der Waals surface area contributed by atoms with E-state index < -0.39 is 9.84 Å². The van der Waals surface area contributed by atoms with Crippen molar-refractivity contribution < 1.29 is 13.2 Å². The lowest BCUT2D eigenvalue weighted by atomic mass is 9.96. The van der Waals surface area contributed by atoms with Crippen LogP contribution in [0.5, 0.6) is 0 Å². The Morgan fingerprint density at radius 3 is 2.75 bits per heavy atom. The normalized spacial score (nSPS) is 13.3. The summed E-state index contributed by atoms with van der Waals surface area (Å²) in [4.78, 5) is 0. The van der Waals surface area contributed by atoms with E-state index in [2.05, 4.69) is 21.2 Å². The number of methoxy groups -OCH3 is 1. The van der Waals surface area contributed by atoms with E-state index in [-0.39, 0.29) is 11.7 Å². The molecule has 0 aromatic heterocycles. The number of sulfone groups is 1. The first-order valence-electron chi connectivity index (χ1n) is 6.55. The standard InChI is InChI=1S/C14H22BrNO3S/c1-19-8-7-16-11-13(6-9-20(2,17)18)12-4-3-5-14(15)10-12/h3-5,10,13,16H,6-9,11H2,1-2H3. The van der Waals surface area contributed by atoms with Crippen molar-refractivity contribution in [3.63, 3.8) is 0 Å². The summed E-state index contributed by atoms with van der Waals surface area (Å²) in [6.45, 7) is 2.16. The van der Waals surface area contributed by atoms with E-state index in [1.165, 1.54) is 6.26 Å². The SMILES string of the molecule is COCCNCC(CCS(C)(=O)=O)c1cccc(Br)c1. The molecule has 6 heteroatoms. The van der Waals surface area contributed by atoms with Gasteiger partial charge in [0.2, 0.25) is 0 Å². The van der Waals surface area contributed by atoms with E-state index >= 15 is 0 Å². The van der Waals surface area contributed by atoms with Gasteiger partial charge in [0, 0.05) is 30.9 Å². The fourth-order valence-electron chi connectivity index (χ4n) is 1.95. The molecule has 0 radical (unpaired) electrons. The molecule has 1 rings (SSSR count). The fraction of sp³-hybridized carbons (Fsp3) is 0.571.